The van der Waals surface area contributed by atoms with Crippen LogP contribution in [0.4, 0.5) is 0 Å². The minimum atomic E-state index is -3.52. The van der Waals surface area contributed by atoms with E-state index in [9.17, 15) is 18.0 Å². The van der Waals surface area contributed by atoms with Crippen LogP contribution in [0.25, 0.3) is 0 Å². The molecule has 39 heavy (non-hydrogen) atoms. The second-order valence-electron chi connectivity index (χ2n) is 10.1. The van der Waals surface area contributed by atoms with Crippen LogP contribution in [0.15, 0.2) is 53.4 Å². The van der Waals surface area contributed by atoms with Gasteiger partial charge in [0.2, 0.25) is 21.8 Å². The smallest absolute Gasteiger partial charge is 0.242 e. The SMILES string of the molecule is COc1ccc(CN(C(=O)CCc2ccc(S(=O)(=O)NC3CC3)cc2)[C@@H](C)C(=O)NCCCOC(C)C)cc1. The molecule has 3 rings (SSSR count). The second kappa shape index (κ2) is 14.4. The van der Waals surface area contributed by atoms with Gasteiger partial charge in [0.15, 0.2) is 0 Å². The fourth-order valence-electron chi connectivity index (χ4n) is 3.98. The van der Waals surface area contributed by atoms with Gasteiger partial charge in [-0.2, -0.15) is 0 Å². The Morgan fingerprint density at radius 3 is 2.23 bits per heavy atom. The standard InChI is InChI=1S/C29H41N3O6S/c1-21(2)38-19-5-18-30-29(34)22(3)32(20-24-6-13-26(37-4)14-7-24)28(33)17-10-23-8-15-27(16-9-23)39(35,36)31-25-11-12-25/h6-9,13-16,21-22,25,31H,5,10-12,17-20H2,1-4H3,(H,30,34)/t22-/m0/s1. The number of hydrogen-bond acceptors (Lipinski definition) is 6. The fourth-order valence-corrected chi connectivity index (χ4v) is 5.28. The van der Waals surface area contributed by atoms with Crippen molar-refractivity contribution >= 4 is 21.8 Å². The first-order chi connectivity index (χ1) is 18.6. The molecule has 0 spiro atoms. The van der Waals surface area contributed by atoms with Crippen LogP contribution in [0.3, 0.4) is 0 Å². The van der Waals surface area contributed by atoms with Gasteiger partial charge in [0.25, 0.3) is 0 Å². The molecular formula is C29H41N3O6S. The highest BCUT2D eigenvalue weighted by molar-refractivity contribution is 7.89. The lowest BCUT2D eigenvalue weighted by Gasteiger charge is -2.29. The van der Waals surface area contributed by atoms with Crippen molar-refractivity contribution in [1.82, 2.24) is 14.9 Å². The number of aryl methyl sites for hydroxylation is 1. The summed E-state index contributed by atoms with van der Waals surface area (Å²) in [6.45, 7) is 6.95. The lowest BCUT2D eigenvalue weighted by atomic mass is 10.1. The van der Waals surface area contributed by atoms with Gasteiger partial charge in [-0.05, 0) is 81.8 Å². The largest absolute Gasteiger partial charge is 0.497 e. The molecule has 2 amide bonds. The van der Waals surface area contributed by atoms with Gasteiger partial charge in [-0.15, -0.1) is 0 Å². The number of amides is 2. The Kier molecular flexibility index (Phi) is 11.3. The first-order valence-corrected chi connectivity index (χ1v) is 15.0. The summed E-state index contributed by atoms with van der Waals surface area (Å²) in [6.07, 6.45) is 3.17. The number of rotatable bonds is 16. The first-order valence-electron chi connectivity index (χ1n) is 13.5. The van der Waals surface area contributed by atoms with E-state index >= 15 is 0 Å². The molecule has 0 bridgehead atoms. The Labute approximate surface area is 232 Å². The first kappa shape index (κ1) is 30.6. The van der Waals surface area contributed by atoms with Crippen molar-refractivity contribution < 1.29 is 27.5 Å². The predicted molar refractivity (Wildman–Crippen MR) is 150 cm³/mol. The van der Waals surface area contributed by atoms with Gasteiger partial charge in [-0.1, -0.05) is 24.3 Å². The maximum atomic E-state index is 13.4. The van der Waals surface area contributed by atoms with Gasteiger partial charge >= 0.3 is 0 Å². The van der Waals surface area contributed by atoms with E-state index in [1.54, 1.807) is 43.2 Å². The predicted octanol–water partition coefficient (Wildman–Crippen LogP) is 3.42. The summed E-state index contributed by atoms with van der Waals surface area (Å²) >= 11 is 0. The van der Waals surface area contributed by atoms with E-state index in [0.717, 1.165) is 24.0 Å². The maximum Gasteiger partial charge on any atom is 0.242 e. The van der Waals surface area contributed by atoms with Crippen molar-refractivity contribution in [3.05, 3.63) is 59.7 Å². The van der Waals surface area contributed by atoms with Crippen LogP contribution in [0.1, 0.15) is 57.6 Å². The number of nitrogens with one attached hydrogen (secondary N) is 2. The van der Waals surface area contributed by atoms with E-state index in [0.29, 0.717) is 31.7 Å². The molecule has 2 N–H and O–H groups in total. The van der Waals surface area contributed by atoms with Crippen LogP contribution in [-0.2, 0) is 37.3 Å². The third-order valence-electron chi connectivity index (χ3n) is 6.51. The summed E-state index contributed by atoms with van der Waals surface area (Å²) in [6, 6.07) is 13.4. The number of benzene rings is 2. The average molecular weight is 560 g/mol. The number of sulfonamides is 1. The van der Waals surface area contributed by atoms with Crippen molar-refractivity contribution in [3.8, 4) is 5.75 Å². The molecule has 1 fully saturated rings. The highest BCUT2D eigenvalue weighted by Gasteiger charge is 2.28. The molecule has 214 valence electrons. The number of hydrogen-bond donors (Lipinski definition) is 2. The van der Waals surface area contributed by atoms with Crippen molar-refractivity contribution in [1.29, 1.82) is 0 Å². The van der Waals surface area contributed by atoms with Crippen LogP contribution in [0.2, 0.25) is 0 Å². The highest BCUT2D eigenvalue weighted by Crippen LogP contribution is 2.22. The van der Waals surface area contributed by atoms with Crippen LogP contribution in [0.5, 0.6) is 5.75 Å². The lowest BCUT2D eigenvalue weighted by Crippen LogP contribution is -2.48. The summed E-state index contributed by atoms with van der Waals surface area (Å²) in [4.78, 5) is 28.1. The minimum absolute atomic E-state index is 0.0385. The van der Waals surface area contributed by atoms with Crippen LogP contribution >= 0.6 is 0 Å². The molecule has 2 aromatic rings. The molecule has 1 aliphatic rings. The molecule has 10 heteroatoms. The molecule has 2 aromatic carbocycles. The zero-order valence-corrected chi connectivity index (χ0v) is 24.1. The third-order valence-corrected chi connectivity index (χ3v) is 8.05. The van der Waals surface area contributed by atoms with Gasteiger partial charge in [0, 0.05) is 32.2 Å². The van der Waals surface area contributed by atoms with E-state index in [2.05, 4.69) is 10.0 Å². The number of methoxy groups -OCH3 is 1. The van der Waals surface area contributed by atoms with Crippen molar-refractivity contribution in [3.63, 3.8) is 0 Å². The van der Waals surface area contributed by atoms with Crippen molar-refractivity contribution in [2.24, 2.45) is 0 Å². The summed E-state index contributed by atoms with van der Waals surface area (Å²) in [5, 5.41) is 2.91. The third kappa shape index (κ3) is 9.94. The summed E-state index contributed by atoms with van der Waals surface area (Å²) in [5.41, 5.74) is 1.73. The van der Waals surface area contributed by atoms with Gasteiger partial charge < -0.3 is 19.7 Å². The van der Waals surface area contributed by atoms with E-state index in [1.807, 2.05) is 38.1 Å². The van der Waals surface area contributed by atoms with Crippen molar-refractivity contribution in [2.75, 3.05) is 20.3 Å². The van der Waals surface area contributed by atoms with Crippen LogP contribution in [-0.4, -0.2) is 63.6 Å². The molecule has 0 aliphatic heterocycles. The van der Waals surface area contributed by atoms with E-state index in [-0.39, 0.29) is 41.8 Å². The van der Waals surface area contributed by atoms with E-state index in [1.165, 1.54) is 0 Å². The zero-order chi connectivity index (χ0) is 28.4. The number of carbonyl (C=O) groups excluding carboxylic acids is 2. The van der Waals surface area contributed by atoms with Crippen molar-refractivity contribution in [2.45, 2.75) is 82.5 Å². The van der Waals surface area contributed by atoms with E-state index in [4.69, 9.17) is 9.47 Å². The number of carbonyl (C=O) groups is 2. The van der Waals surface area contributed by atoms with Gasteiger partial charge in [0.1, 0.15) is 11.8 Å². The highest BCUT2D eigenvalue weighted by atomic mass is 32.2. The second-order valence-corrected chi connectivity index (χ2v) is 11.9. The number of nitrogens with zero attached hydrogens (tertiary/aromatic N) is 1. The molecular weight excluding hydrogens is 518 g/mol. The Morgan fingerprint density at radius 2 is 1.64 bits per heavy atom. The minimum Gasteiger partial charge on any atom is -0.497 e. The average Bonchev–Trinajstić information content (AvgIpc) is 3.73. The molecule has 0 aromatic heterocycles. The molecule has 0 unspecified atom stereocenters. The maximum absolute atomic E-state index is 13.4. The Hall–Kier alpha value is -2.95. The van der Waals surface area contributed by atoms with Crippen LogP contribution in [0, 0.1) is 0 Å². The van der Waals surface area contributed by atoms with Gasteiger partial charge in [-0.3, -0.25) is 9.59 Å². The Balaban J connectivity index is 1.63. The molecule has 0 heterocycles. The normalized spacial score (nSPS) is 14.2. The fraction of sp³-hybridized carbons (Fsp3) is 0.517. The topological polar surface area (TPSA) is 114 Å². The van der Waals surface area contributed by atoms with Crippen LogP contribution < -0.4 is 14.8 Å². The molecule has 9 nitrogen and oxygen atoms in total. The Bertz CT molecular complexity index is 1180. The number of ether oxygens (including phenoxy) is 2. The quantitative estimate of drug-likeness (QED) is 0.305. The molecule has 1 aliphatic carbocycles. The summed E-state index contributed by atoms with van der Waals surface area (Å²) < 4.78 is 38.3. The molecule has 0 radical (unpaired) electrons. The summed E-state index contributed by atoms with van der Waals surface area (Å²) in [5.74, 6) is 0.326. The molecule has 1 atom stereocenters. The van der Waals surface area contributed by atoms with Gasteiger partial charge in [-0.25, -0.2) is 13.1 Å². The van der Waals surface area contributed by atoms with Gasteiger partial charge in [0.05, 0.1) is 18.1 Å². The molecule has 1 saturated carbocycles. The zero-order valence-electron chi connectivity index (χ0n) is 23.3. The monoisotopic (exact) mass is 559 g/mol. The summed E-state index contributed by atoms with van der Waals surface area (Å²) in [7, 11) is -1.93. The van der Waals surface area contributed by atoms with E-state index < -0.39 is 16.1 Å². The Morgan fingerprint density at radius 1 is 1.00 bits per heavy atom. The molecule has 0 saturated heterocycles. The lowest BCUT2D eigenvalue weighted by molar-refractivity contribution is -0.140.